The predicted molar refractivity (Wildman–Crippen MR) is 81.2 cm³/mol. The van der Waals surface area contributed by atoms with Crippen LogP contribution in [-0.4, -0.2) is 5.78 Å². The Morgan fingerprint density at radius 1 is 0.889 bits per heavy atom. The summed E-state index contributed by atoms with van der Waals surface area (Å²) in [6, 6.07) is 11.4. The van der Waals surface area contributed by atoms with Gasteiger partial charge in [-0.2, -0.15) is 0 Å². The molecular formula is C15H12Br2O. The monoisotopic (exact) mass is 366 g/mol. The number of hydrogen-bond donors (Lipinski definition) is 0. The molecule has 2 aromatic rings. The first-order valence-electron chi connectivity index (χ1n) is 5.56. The standard InChI is InChI=1S/C15H12Br2O/c1-9-8-14(17)10(2)7-12(9)15(18)11-5-3-4-6-13(11)16/h3-8H,1-2H3. The normalized spacial score (nSPS) is 10.4. The van der Waals surface area contributed by atoms with E-state index in [1.807, 2.05) is 50.2 Å². The average Bonchev–Trinajstić information content (AvgIpc) is 2.33. The molecular weight excluding hydrogens is 356 g/mol. The summed E-state index contributed by atoms with van der Waals surface area (Å²) >= 11 is 6.90. The summed E-state index contributed by atoms with van der Waals surface area (Å²) in [6.45, 7) is 3.94. The van der Waals surface area contributed by atoms with Gasteiger partial charge >= 0.3 is 0 Å². The van der Waals surface area contributed by atoms with Gasteiger partial charge < -0.3 is 0 Å². The largest absolute Gasteiger partial charge is 0.289 e. The maximum Gasteiger partial charge on any atom is 0.194 e. The molecule has 1 nitrogen and oxygen atoms in total. The highest BCUT2D eigenvalue weighted by atomic mass is 79.9. The van der Waals surface area contributed by atoms with E-state index in [9.17, 15) is 4.79 Å². The number of aryl methyl sites for hydroxylation is 2. The van der Waals surface area contributed by atoms with Crippen LogP contribution < -0.4 is 0 Å². The Hall–Kier alpha value is -0.930. The molecule has 0 N–H and O–H groups in total. The molecule has 0 atom stereocenters. The number of rotatable bonds is 2. The van der Waals surface area contributed by atoms with Gasteiger partial charge in [0.25, 0.3) is 0 Å². The molecule has 92 valence electrons. The highest BCUT2D eigenvalue weighted by molar-refractivity contribution is 9.10. The number of benzene rings is 2. The third-order valence-corrected chi connectivity index (χ3v) is 4.41. The molecule has 0 saturated heterocycles. The lowest BCUT2D eigenvalue weighted by molar-refractivity contribution is 0.103. The summed E-state index contributed by atoms with van der Waals surface area (Å²) in [7, 11) is 0. The molecule has 0 saturated carbocycles. The summed E-state index contributed by atoms with van der Waals surface area (Å²) in [4.78, 5) is 12.5. The third-order valence-electron chi connectivity index (χ3n) is 2.87. The predicted octanol–water partition coefficient (Wildman–Crippen LogP) is 5.06. The lowest BCUT2D eigenvalue weighted by Gasteiger charge is -2.09. The van der Waals surface area contributed by atoms with E-state index in [2.05, 4.69) is 31.9 Å². The van der Waals surface area contributed by atoms with Gasteiger partial charge in [-0.3, -0.25) is 4.79 Å². The number of carbonyl (C=O) groups is 1. The minimum absolute atomic E-state index is 0.0515. The molecule has 0 unspecified atom stereocenters. The van der Waals surface area contributed by atoms with Crippen LogP contribution in [0.5, 0.6) is 0 Å². The summed E-state index contributed by atoms with van der Waals surface area (Å²) in [5.41, 5.74) is 3.49. The van der Waals surface area contributed by atoms with Crippen molar-refractivity contribution in [3.63, 3.8) is 0 Å². The average molecular weight is 368 g/mol. The highest BCUT2D eigenvalue weighted by Gasteiger charge is 2.15. The molecule has 18 heavy (non-hydrogen) atoms. The Bertz CT molecular complexity index is 618. The minimum Gasteiger partial charge on any atom is -0.289 e. The van der Waals surface area contributed by atoms with Gasteiger partial charge in [-0.05, 0) is 49.2 Å². The number of hydrogen-bond acceptors (Lipinski definition) is 1. The van der Waals surface area contributed by atoms with E-state index in [0.29, 0.717) is 5.56 Å². The van der Waals surface area contributed by atoms with Crippen molar-refractivity contribution in [1.29, 1.82) is 0 Å². The van der Waals surface area contributed by atoms with Crippen LogP contribution in [0.2, 0.25) is 0 Å². The van der Waals surface area contributed by atoms with Gasteiger partial charge in [0.15, 0.2) is 5.78 Å². The minimum atomic E-state index is 0.0515. The molecule has 0 aliphatic rings. The lowest BCUT2D eigenvalue weighted by Crippen LogP contribution is -2.05. The summed E-state index contributed by atoms with van der Waals surface area (Å²) < 4.78 is 1.86. The van der Waals surface area contributed by atoms with Crippen LogP contribution in [0.1, 0.15) is 27.0 Å². The molecule has 0 fully saturated rings. The summed E-state index contributed by atoms with van der Waals surface area (Å²) in [5, 5.41) is 0. The Kier molecular flexibility index (Phi) is 4.03. The first-order chi connectivity index (χ1) is 8.50. The molecule has 0 bridgehead atoms. The van der Waals surface area contributed by atoms with E-state index < -0.39 is 0 Å². The van der Waals surface area contributed by atoms with Gasteiger partial charge in [0.1, 0.15) is 0 Å². The molecule has 0 aliphatic heterocycles. The van der Waals surface area contributed by atoms with E-state index >= 15 is 0 Å². The van der Waals surface area contributed by atoms with E-state index in [4.69, 9.17) is 0 Å². The molecule has 0 aromatic heterocycles. The molecule has 0 spiro atoms. The number of carbonyl (C=O) groups excluding carboxylic acids is 1. The van der Waals surface area contributed by atoms with Crippen LogP contribution in [-0.2, 0) is 0 Å². The zero-order valence-electron chi connectivity index (χ0n) is 10.1. The van der Waals surface area contributed by atoms with Gasteiger partial charge in [0.2, 0.25) is 0 Å². The molecule has 2 rings (SSSR count). The molecule has 0 amide bonds. The fraction of sp³-hybridized carbons (Fsp3) is 0.133. The second kappa shape index (κ2) is 5.37. The van der Waals surface area contributed by atoms with E-state index in [-0.39, 0.29) is 5.78 Å². The van der Waals surface area contributed by atoms with Crippen molar-refractivity contribution in [2.45, 2.75) is 13.8 Å². The van der Waals surface area contributed by atoms with Gasteiger partial charge in [-0.25, -0.2) is 0 Å². The topological polar surface area (TPSA) is 17.1 Å². The van der Waals surface area contributed by atoms with Gasteiger partial charge in [-0.15, -0.1) is 0 Å². The molecule has 2 aromatic carbocycles. The van der Waals surface area contributed by atoms with Crippen molar-refractivity contribution in [2.75, 3.05) is 0 Å². The van der Waals surface area contributed by atoms with Crippen LogP contribution in [0.15, 0.2) is 45.3 Å². The fourth-order valence-corrected chi connectivity index (χ4v) is 2.74. The van der Waals surface area contributed by atoms with Crippen LogP contribution >= 0.6 is 31.9 Å². The second-order valence-corrected chi connectivity index (χ2v) is 5.93. The Morgan fingerprint density at radius 3 is 2.22 bits per heavy atom. The Balaban J connectivity index is 2.53. The van der Waals surface area contributed by atoms with Crippen molar-refractivity contribution in [2.24, 2.45) is 0 Å². The lowest BCUT2D eigenvalue weighted by atomic mass is 9.97. The van der Waals surface area contributed by atoms with Crippen LogP contribution in [0, 0.1) is 13.8 Å². The maximum absolute atomic E-state index is 12.5. The Labute approximate surface area is 123 Å². The zero-order chi connectivity index (χ0) is 13.3. The summed E-state index contributed by atoms with van der Waals surface area (Å²) in [6.07, 6.45) is 0. The Morgan fingerprint density at radius 2 is 1.56 bits per heavy atom. The van der Waals surface area contributed by atoms with Crippen molar-refractivity contribution < 1.29 is 4.79 Å². The van der Waals surface area contributed by atoms with Crippen molar-refractivity contribution in [1.82, 2.24) is 0 Å². The van der Waals surface area contributed by atoms with E-state index in [1.165, 1.54) is 0 Å². The second-order valence-electron chi connectivity index (χ2n) is 4.23. The van der Waals surface area contributed by atoms with Crippen LogP contribution in [0.4, 0.5) is 0 Å². The van der Waals surface area contributed by atoms with Gasteiger partial charge in [-0.1, -0.05) is 44.0 Å². The quantitative estimate of drug-likeness (QED) is 0.678. The number of halogens is 2. The molecule has 0 radical (unpaired) electrons. The van der Waals surface area contributed by atoms with Gasteiger partial charge in [0.05, 0.1) is 0 Å². The van der Waals surface area contributed by atoms with Crippen LogP contribution in [0.3, 0.4) is 0 Å². The first kappa shape index (κ1) is 13.5. The van der Waals surface area contributed by atoms with Crippen molar-refractivity contribution >= 4 is 37.6 Å². The maximum atomic E-state index is 12.5. The molecule has 0 heterocycles. The fourth-order valence-electron chi connectivity index (χ4n) is 1.82. The van der Waals surface area contributed by atoms with Crippen molar-refractivity contribution in [3.05, 3.63) is 67.6 Å². The molecule has 3 heteroatoms. The smallest absolute Gasteiger partial charge is 0.194 e. The first-order valence-corrected chi connectivity index (χ1v) is 7.15. The van der Waals surface area contributed by atoms with Gasteiger partial charge in [0, 0.05) is 20.1 Å². The molecule has 0 aliphatic carbocycles. The third kappa shape index (κ3) is 2.57. The van der Waals surface area contributed by atoms with E-state index in [0.717, 1.165) is 25.6 Å². The number of ketones is 1. The summed E-state index contributed by atoms with van der Waals surface area (Å²) in [5.74, 6) is 0.0515. The zero-order valence-corrected chi connectivity index (χ0v) is 13.3. The highest BCUT2D eigenvalue weighted by Crippen LogP contribution is 2.25. The SMILES string of the molecule is Cc1cc(C(=O)c2ccccc2Br)c(C)cc1Br. The van der Waals surface area contributed by atoms with Crippen LogP contribution in [0.25, 0.3) is 0 Å². The van der Waals surface area contributed by atoms with E-state index in [1.54, 1.807) is 0 Å². The van der Waals surface area contributed by atoms with Crippen molar-refractivity contribution in [3.8, 4) is 0 Å².